The van der Waals surface area contributed by atoms with Gasteiger partial charge in [-0.25, -0.2) is 4.98 Å². The van der Waals surface area contributed by atoms with Crippen LogP contribution in [0.2, 0.25) is 0 Å². The number of halogens is 1. The third-order valence-electron chi connectivity index (χ3n) is 5.04. The molecule has 1 aromatic carbocycles. The molecule has 2 N–H and O–H groups in total. The highest BCUT2D eigenvalue weighted by Crippen LogP contribution is 2.29. The van der Waals surface area contributed by atoms with E-state index in [1.54, 1.807) is 17.4 Å². The Morgan fingerprint density at radius 2 is 2.15 bits per heavy atom. The summed E-state index contributed by atoms with van der Waals surface area (Å²) in [7, 11) is 2.03. The highest BCUT2D eigenvalue weighted by atomic mass is 127. The number of nitriles is 1. The molecule has 9 heteroatoms. The van der Waals surface area contributed by atoms with E-state index in [-0.39, 0.29) is 24.3 Å². The molecule has 0 saturated carbocycles. The van der Waals surface area contributed by atoms with Crippen LogP contribution >= 0.6 is 33.9 Å². The third kappa shape index (κ3) is 6.65. The van der Waals surface area contributed by atoms with E-state index in [1.807, 2.05) is 50.7 Å². The number of amides is 2. The van der Waals surface area contributed by atoms with Crippen molar-refractivity contribution in [1.29, 1.82) is 5.26 Å². The molecule has 0 unspecified atom stereocenters. The van der Waals surface area contributed by atoms with Crippen molar-refractivity contribution in [3.63, 3.8) is 0 Å². The van der Waals surface area contributed by atoms with Gasteiger partial charge in [-0.05, 0) is 59.3 Å². The molecule has 0 saturated heterocycles. The molecule has 3 rings (SSSR count). The smallest absolute Gasteiger partial charge is 0.253 e. The molecule has 172 valence electrons. The fraction of sp³-hybridized carbons (Fsp3) is 0.333. The standard InChI is InChI=1S/C24H26IN5O2S/c1-15(2)12-20(23(32)27-9-8-26)28-22(31)18-5-4-17(13-19(18)25)21-14-33-24(29-21)16-6-10-30(3)11-7-16/h4-7,10,13-15,20H,9,11-12H2,1-3H3,(H,27,32)(H,28,31)/t20-/m0/s1. The van der Waals surface area contributed by atoms with Crippen molar-refractivity contribution in [2.45, 2.75) is 26.3 Å². The molecule has 1 aliphatic heterocycles. The Balaban J connectivity index is 1.74. The Hall–Kier alpha value is -2.71. The van der Waals surface area contributed by atoms with Gasteiger partial charge in [0.05, 0.1) is 17.3 Å². The number of thiazole rings is 1. The van der Waals surface area contributed by atoms with Crippen molar-refractivity contribution in [2.75, 3.05) is 20.1 Å². The summed E-state index contributed by atoms with van der Waals surface area (Å²) in [6.07, 6.45) is 6.74. The molecule has 0 radical (unpaired) electrons. The SMILES string of the molecule is CC(C)C[C@H](NC(=O)c1ccc(-c2csc(C3=CCN(C)C=C3)n2)cc1I)C(=O)NCC#N. The Morgan fingerprint density at radius 3 is 2.79 bits per heavy atom. The summed E-state index contributed by atoms with van der Waals surface area (Å²) >= 11 is 3.73. The Kier molecular flexibility index (Phi) is 8.63. The molecule has 1 aromatic heterocycles. The van der Waals surface area contributed by atoms with Gasteiger partial charge in [0.2, 0.25) is 5.91 Å². The van der Waals surface area contributed by atoms with E-state index in [0.717, 1.165) is 32.0 Å². The maximum absolute atomic E-state index is 12.9. The summed E-state index contributed by atoms with van der Waals surface area (Å²) < 4.78 is 0.774. The summed E-state index contributed by atoms with van der Waals surface area (Å²) in [4.78, 5) is 32.2. The first-order chi connectivity index (χ1) is 15.8. The van der Waals surface area contributed by atoms with Crippen molar-refractivity contribution < 1.29 is 9.59 Å². The van der Waals surface area contributed by atoms with Gasteiger partial charge in [-0.1, -0.05) is 26.0 Å². The number of nitrogens with one attached hydrogen (secondary N) is 2. The quantitative estimate of drug-likeness (QED) is 0.366. The lowest BCUT2D eigenvalue weighted by Gasteiger charge is -2.20. The van der Waals surface area contributed by atoms with Crippen LogP contribution in [0.15, 0.2) is 41.9 Å². The van der Waals surface area contributed by atoms with E-state index in [0.29, 0.717) is 12.0 Å². The molecule has 0 aliphatic carbocycles. The van der Waals surface area contributed by atoms with Crippen molar-refractivity contribution in [3.05, 3.63) is 56.1 Å². The predicted octanol–water partition coefficient (Wildman–Crippen LogP) is 4.04. The number of benzene rings is 1. The summed E-state index contributed by atoms with van der Waals surface area (Å²) in [5, 5.41) is 17.1. The van der Waals surface area contributed by atoms with Crippen LogP contribution in [0, 0.1) is 20.8 Å². The Morgan fingerprint density at radius 1 is 1.36 bits per heavy atom. The van der Waals surface area contributed by atoms with Crippen LogP contribution in [-0.2, 0) is 4.79 Å². The van der Waals surface area contributed by atoms with Crippen molar-refractivity contribution in [3.8, 4) is 17.3 Å². The van der Waals surface area contributed by atoms with Gasteiger partial charge < -0.3 is 15.5 Å². The van der Waals surface area contributed by atoms with E-state index in [4.69, 9.17) is 10.2 Å². The zero-order chi connectivity index (χ0) is 24.0. The molecule has 7 nitrogen and oxygen atoms in total. The number of likely N-dealkylation sites (N-methyl/N-ethyl adjacent to an activating group) is 1. The average Bonchev–Trinajstić information content (AvgIpc) is 3.27. The normalized spacial score (nSPS) is 13.9. The van der Waals surface area contributed by atoms with Gasteiger partial charge in [-0.2, -0.15) is 5.26 Å². The topological polar surface area (TPSA) is 98.1 Å². The number of hydrogen-bond acceptors (Lipinski definition) is 6. The first kappa shape index (κ1) is 24.9. The Labute approximate surface area is 211 Å². The summed E-state index contributed by atoms with van der Waals surface area (Å²) in [6.45, 7) is 4.73. The lowest BCUT2D eigenvalue weighted by molar-refractivity contribution is -0.123. The predicted molar refractivity (Wildman–Crippen MR) is 139 cm³/mol. The molecular formula is C24H26IN5O2S. The van der Waals surface area contributed by atoms with Crippen LogP contribution in [0.3, 0.4) is 0 Å². The maximum atomic E-state index is 12.9. The summed E-state index contributed by atoms with van der Waals surface area (Å²) in [5.74, 6) is -0.459. The molecule has 1 atom stereocenters. The van der Waals surface area contributed by atoms with E-state index >= 15 is 0 Å². The monoisotopic (exact) mass is 575 g/mol. The molecule has 0 fully saturated rings. The van der Waals surface area contributed by atoms with Gasteiger partial charge in [0.25, 0.3) is 5.91 Å². The fourth-order valence-electron chi connectivity index (χ4n) is 3.32. The van der Waals surface area contributed by atoms with E-state index in [9.17, 15) is 9.59 Å². The molecule has 2 aromatic rings. The second-order valence-corrected chi connectivity index (χ2v) is 10.2. The minimum Gasteiger partial charge on any atom is -0.377 e. The fourth-order valence-corrected chi connectivity index (χ4v) is 4.93. The van der Waals surface area contributed by atoms with Gasteiger partial charge in [0.15, 0.2) is 0 Å². The first-order valence-corrected chi connectivity index (χ1v) is 12.5. The van der Waals surface area contributed by atoms with Gasteiger partial charge >= 0.3 is 0 Å². The minimum atomic E-state index is -0.696. The van der Waals surface area contributed by atoms with E-state index in [2.05, 4.69) is 50.3 Å². The van der Waals surface area contributed by atoms with Crippen LogP contribution in [0.5, 0.6) is 0 Å². The van der Waals surface area contributed by atoms with Crippen LogP contribution in [0.4, 0.5) is 0 Å². The number of nitrogens with zero attached hydrogens (tertiary/aromatic N) is 3. The highest BCUT2D eigenvalue weighted by molar-refractivity contribution is 14.1. The lowest BCUT2D eigenvalue weighted by atomic mass is 10.0. The lowest BCUT2D eigenvalue weighted by Crippen LogP contribution is -2.47. The van der Waals surface area contributed by atoms with Crippen LogP contribution < -0.4 is 10.6 Å². The zero-order valence-corrected chi connectivity index (χ0v) is 21.7. The second-order valence-electron chi connectivity index (χ2n) is 8.18. The summed E-state index contributed by atoms with van der Waals surface area (Å²) in [6, 6.07) is 6.76. The molecule has 0 bridgehead atoms. The van der Waals surface area contributed by atoms with Gasteiger partial charge in [-0.15, -0.1) is 11.3 Å². The Bertz CT molecular complexity index is 1130. The van der Waals surface area contributed by atoms with E-state index in [1.165, 1.54) is 0 Å². The average molecular weight is 575 g/mol. The molecular weight excluding hydrogens is 549 g/mol. The maximum Gasteiger partial charge on any atom is 0.253 e. The molecule has 33 heavy (non-hydrogen) atoms. The number of hydrogen-bond donors (Lipinski definition) is 2. The largest absolute Gasteiger partial charge is 0.377 e. The first-order valence-electron chi connectivity index (χ1n) is 10.6. The zero-order valence-electron chi connectivity index (χ0n) is 18.8. The number of rotatable bonds is 8. The second kappa shape index (κ2) is 11.4. The van der Waals surface area contributed by atoms with Crippen molar-refractivity contribution >= 4 is 51.3 Å². The number of carbonyl (C=O) groups excluding carboxylic acids is 2. The molecule has 0 spiro atoms. The number of aromatic nitrogens is 1. The minimum absolute atomic E-state index is 0.0887. The molecule has 2 amide bonds. The van der Waals surface area contributed by atoms with Gasteiger partial charge in [-0.3, -0.25) is 9.59 Å². The number of allylic oxidation sites excluding steroid dienone is 2. The van der Waals surface area contributed by atoms with Crippen LogP contribution in [0.25, 0.3) is 16.8 Å². The van der Waals surface area contributed by atoms with Crippen LogP contribution in [0.1, 0.15) is 35.6 Å². The highest BCUT2D eigenvalue weighted by Gasteiger charge is 2.23. The molecule has 1 aliphatic rings. The van der Waals surface area contributed by atoms with Crippen LogP contribution in [-0.4, -0.2) is 47.9 Å². The molecule has 2 heterocycles. The van der Waals surface area contributed by atoms with Gasteiger partial charge in [0, 0.05) is 33.7 Å². The third-order valence-corrected chi connectivity index (χ3v) is 6.82. The van der Waals surface area contributed by atoms with E-state index < -0.39 is 6.04 Å². The van der Waals surface area contributed by atoms with Crippen molar-refractivity contribution in [2.24, 2.45) is 5.92 Å². The summed E-state index contributed by atoms with van der Waals surface area (Å²) in [5.41, 5.74) is 3.40. The van der Waals surface area contributed by atoms with Crippen molar-refractivity contribution in [1.82, 2.24) is 20.5 Å². The number of carbonyl (C=O) groups is 2. The van der Waals surface area contributed by atoms with Gasteiger partial charge in [0.1, 0.15) is 17.6 Å².